The first-order chi connectivity index (χ1) is 9.68. The Morgan fingerprint density at radius 2 is 1.77 bits per heavy atom. The van der Waals surface area contributed by atoms with Crippen molar-refractivity contribution in [3.63, 3.8) is 0 Å². The van der Waals surface area contributed by atoms with Crippen LogP contribution in [-0.2, 0) is 16.2 Å². The molecule has 0 bridgehead atoms. The maximum Gasteiger partial charge on any atom is 0.416 e. The van der Waals surface area contributed by atoms with Crippen molar-refractivity contribution in [2.24, 2.45) is 0 Å². The maximum absolute atomic E-state index is 12.8. The Kier molecular flexibility index (Phi) is 8.38. The molecule has 0 unspecified atom stereocenters. The molecule has 4 nitrogen and oxygen atoms in total. The molecule has 9 heteroatoms. The molecule has 0 aromatic heterocycles. The minimum atomic E-state index is -4.57. The molecule has 22 heavy (non-hydrogen) atoms. The lowest BCUT2D eigenvalue weighted by Gasteiger charge is -2.13. The summed E-state index contributed by atoms with van der Waals surface area (Å²) >= 11 is 0. The summed E-state index contributed by atoms with van der Waals surface area (Å²) in [6, 6.07) is 3.00. The predicted molar refractivity (Wildman–Crippen MR) is 81.8 cm³/mol. The first-order valence-electron chi connectivity index (χ1n) is 6.56. The summed E-state index contributed by atoms with van der Waals surface area (Å²) in [6.45, 7) is 4.57. The lowest BCUT2D eigenvalue weighted by atomic mass is 10.1. The predicted octanol–water partition coefficient (Wildman–Crippen LogP) is 2.71. The van der Waals surface area contributed by atoms with Crippen LogP contribution in [0.1, 0.15) is 24.5 Å². The molecule has 0 saturated heterocycles. The quantitative estimate of drug-likeness (QED) is 0.735. The van der Waals surface area contributed by atoms with Crippen molar-refractivity contribution < 1.29 is 21.6 Å². The van der Waals surface area contributed by atoms with E-state index in [1.165, 1.54) is 13.0 Å². The van der Waals surface area contributed by atoms with E-state index in [1.54, 1.807) is 0 Å². The van der Waals surface area contributed by atoms with Gasteiger partial charge in [0, 0.05) is 13.1 Å². The molecule has 2 N–H and O–H groups in total. The molecule has 0 aliphatic heterocycles. The molecule has 1 aromatic rings. The normalized spacial score (nSPS) is 12.0. The van der Waals surface area contributed by atoms with Crippen LogP contribution in [0.15, 0.2) is 23.1 Å². The summed E-state index contributed by atoms with van der Waals surface area (Å²) in [7, 11) is -3.94. The standard InChI is InChI=1S/C13H19F3N2O2S.ClH/c1-3-6-17-7-8-18-21(19,20)11-5-4-10(2)12(9-11)13(14,15)16;/h4-5,9,17-18H,3,6-8H2,1-2H3;1H. The molecular weight excluding hydrogens is 341 g/mol. The third-order valence-electron chi connectivity index (χ3n) is 2.85. The van der Waals surface area contributed by atoms with Crippen LogP contribution in [-0.4, -0.2) is 28.1 Å². The summed E-state index contributed by atoms with van der Waals surface area (Å²) in [4.78, 5) is -0.379. The van der Waals surface area contributed by atoms with Gasteiger partial charge in [0.15, 0.2) is 0 Å². The number of halogens is 4. The zero-order valence-corrected chi connectivity index (χ0v) is 14.0. The largest absolute Gasteiger partial charge is 0.416 e. The first kappa shape index (κ1) is 21.2. The summed E-state index contributed by atoms with van der Waals surface area (Å²) in [5.41, 5.74) is -0.944. The highest BCUT2D eigenvalue weighted by atomic mass is 35.5. The SMILES string of the molecule is CCCNCCNS(=O)(=O)c1ccc(C)c(C(F)(F)F)c1.Cl. The van der Waals surface area contributed by atoms with Gasteiger partial charge in [0.1, 0.15) is 0 Å². The lowest BCUT2D eigenvalue weighted by molar-refractivity contribution is -0.138. The van der Waals surface area contributed by atoms with E-state index < -0.39 is 21.8 Å². The summed E-state index contributed by atoms with van der Waals surface area (Å²) in [5.74, 6) is 0. The zero-order chi connectivity index (χ0) is 16.1. The van der Waals surface area contributed by atoms with Gasteiger partial charge in [-0.15, -0.1) is 12.4 Å². The van der Waals surface area contributed by atoms with Crippen molar-refractivity contribution in [1.29, 1.82) is 0 Å². The fourth-order valence-corrected chi connectivity index (χ4v) is 2.79. The smallest absolute Gasteiger partial charge is 0.315 e. The second-order valence-corrected chi connectivity index (χ2v) is 6.39. The minimum Gasteiger partial charge on any atom is -0.315 e. The van der Waals surface area contributed by atoms with Crippen molar-refractivity contribution in [2.45, 2.75) is 31.3 Å². The molecule has 0 amide bonds. The minimum absolute atomic E-state index is 0. The number of sulfonamides is 1. The molecule has 0 radical (unpaired) electrons. The summed E-state index contributed by atoms with van der Waals surface area (Å²) in [5, 5.41) is 3.00. The van der Waals surface area contributed by atoms with Crippen LogP contribution in [0.25, 0.3) is 0 Å². The number of aryl methyl sites for hydroxylation is 1. The Balaban J connectivity index is 0.00000441. The molecule has 0 fully saturated rings. The second kappa shape index (κ2) is 8.71. The van der Waals surface area contributed by atoms with Gasteiger partial charge >= 0.3 is 6.18 Å². The number of alkyl halides is 3. The van der Waals surface area contributed by atoms with E-state index in [4.69, 9.17) is 0 Å². The monoisotopic (exact) mass is 360 g/mol. The second-order valence-electron chi connectivity index (χ2n) is 4.62. The molecule has 0 spiro atoms. The van der Waals surface area contributed by atoms with Gasteiger partial charge in [-0.3, -0.25) is 0 Å². The topological polar surface area (TPSA) is 58.2 Å². The van der Waals surface area contributed by atoms with Crippen molar-refractivity contribution in [1.82, 2.24) is 10.0 Å². The first-order valence-corrected chi connectivity index (χ1v) is 8.05. The molecule has 128 valence electrons. The Hall–Kier alpha value is -0.830. The number of hydrogen-bond acceptors (Lipinski definition) is 3. The fraction of sp³-hybridized carbons (Fsp3) is 0.538. The Morgan fingerprint density at radius 1 is 1.14 bits per heavy atom. The Bertz CT molecular complexity index is 577. The third-order valence-corrected chi connectivity index (χ3v) is 4.30. The summed E-state index contributed by atoms with van der Waals surface area (Å²) < 4.78 is 64.5. The average molecular weight is 361 g/mol. The van der Waals surface area contributed by atoms with Crippen molar-refractivity contribution >= 4 is 22.4 Å². The van der Waals surface area contributed by atoms with Gasteiger partial charge in [-0.05, 0) is 37.6 Å². The molecule has 1 aromatic carbocycles. The molecule has 0 atom stereocenters. The van der Waals surface area contributed by atoms with Gasteiger partial charge in [-0.25, -0.2) is 13.1 Å². The van der Waals surface area contributed by atoms with Crippen LogP contribution in [0.4, 0.5) is 13.2 Å². The number of rotatable bonds is 7. The Labute approximate surface area is 134 Å². The van der Waals surface area contributed by atoms with E-state index in [1.807, 2.05) is 6.92 Å². The highest BCUT2D eigenvalue weighted by molar-refractivity contribution is 7.89. The van der Waals surface area contributed by atoms with Gasteiger partial charge in [0.05, 0.1) is 10.5 Å². The third kappa shape index (κ3) is 6.12. The van der Waals surface area contributed by atoms with Gasteiger partial charge in [0.2, 0.25) is 10.0 Å². The fourth-order valence-electron chi connectivity index (χ4n) is 1.73. The Morgan fingerprint density at radius 3 is 2.32 bits per heavy atom. The van der Waals surface area contributed by atoms with E-state index >= 15 is 0 Å². The molecule has 0 aliphatic carbocycles. The zero-order valence-electron chi connectivity index (χ0n) is 12.3. The van der Waals surface area contributed by atoms with Crippen molar-refractivity contribution in [3.8, 4) is 0 Å². The molecule has 0 aliphatic rings. The van der Waals surface area contributed by atoms with Crippen LogP contribution in [0, 0.1) is 6.92 Å². The van der Waals surface area contributed by atoms with Crippen molar-refractivity contribution in [2.75, 3.05) is 19.6 Å². The molecule has 0 heterocycles. The highest BCUT2D eigenvalue weighted by Crippen LogP contribution is 2.33. The van der Waals surface area contributed by atoms with Crippen LogP contribution in [0.5, 0.6) is 0 Å². The number of benzene rings is 1. The van der Waals surface area contributed by atoms with E-state index in [0.29, 0.717) is 12.6 Å². The van der Waals surface area contributed by atoms with Crippen molar-refractivity contribution in [3.05, 3.63) is 29.3 Å². The number of nitrogens with one attached hydrogen (secondary N) is 2. The highest BCUT2D eigenvalue weighted by Gasteiger charge is 2.33. The van der Waals surface area contributed by atoms with Crippen LogP contribution in [0.2, 0.25) is 0 Å². The van der Waals surface area contributed by atoms with E-state index in [9.17, 15) is 21.6 Å². The molecular formula is C13H20ClF3N2O2S. The maximum atomic E-state index is 12.8. The van der Waals surface area contributed by atoms with Crippen LogP contribution < -0.4 is 10.0 Å². The average Bonchev–Trinajstić information content (AvgIpc) is 2.37. The van der Waals surface area contributed by atoms with E-state index in [0.717, 1.165) is 19.0 Å². The van der Waals surface area contributed by atoms with E-state index in [-0.39, 0.29) is 29.4 Å². The van der Waals surface area contributed by atoms with Crippen LogP contribution >= 0.6 is 12.4 Å². The van der Waals surface area contributed by atoms with Crippen LogP contribution in [0.3, 0.4) is 0 Å². The molecule has 0 saturated carbocycles. The molecule has 1 rings (SSSR count). The lowest BCUT2D eigenvalue weighted by Crippen LogP contribution is -2.32. The van der Waals surface area contributed by atoms with E-state index in [2.05, 4.69) is 10.0 Å². The number of hydrogen-bond donors (Lipinski definition) is 2. The summed E-state index contributed by atoms with van der Waals surface area (Å²) in [6.07, 6.45) is -3.65. The van der Waals surface area contributed by atoms with Gasteiger partial charge in [-0.1, -0.05) is 13.0 Å². The van der Waals surface area contributed by atoms with Gasteiger partial charge < -0.3 is 5.32 Å². The van der Waals surface area contributed by atoms with Gasteiger partial charge in [-0.2, -0.15) is 13.2 Å². The van der Waals surface area contributed by atoms with Gasteiger partial charge in [0.25, 0.3) is 0 Å².